The van der Waals surface area contributed by atoms with E-state index in [1.807, 2.05) is 69.3 Å². The van der Waals surface area contributed by atoms with E-state index in [4.69, 9.17) is 4.74 Å². The second kappa shape index (κ2) is 8.16. The van der Waals surface area contributed by atoms with Crippen LogP contribution in [0.2, 0.25) is 0 Å². The maximum absolute atomic E-state index is 13.0. The lowest BCUT2D eigenvalue weighted by Gasteiger charge is -2.32. The highest BCUT2D eigenvalue weighted by Gasteiger charge is 2.42. The lowest BCUT2D eigenvalue weighted by Crippen LogP contribution is -2.35. The van der Waals surface area contributed by atoms with Crippen LogP contribution in [0.25, 0.3) is 0 Å². The predicted molar refractivity (Wildman–Crippen MR) is 106 cm³/mol. The van der Waals surface area contributed by atoms with Crippen LogP contribution in [0.15, 0.2) is 48.5 Å². The molecule has 1 unspecified atom stereocenters. The summed E-state index contributed by atoms with van der Waals surface area (Å²) in [6.07, 6.45) is -7.47. The predicted octanol–water partition coefficient (Wildman–Crippen LogP) is 6.15. The topological polar surface area (TPSA) is 29.5 Å². The quantitative estimate of drug-likeness (QED) is 0.636. The number of hydrogen-bond acceptors (Lipinski definition) is 2. The Hall–Kier alpha value is -2.01. The van der Waals surface area contributed by atoms with Crippen LogP contribution in [0.4, 0.5) is 13.2 Å². The third kappa shape index (κ3) is 5.74. The van der Waals surface area contributed by atoms with Crippen molar-refractivity contribution >= 4 is 0 Å². The fourth-order valence-corrected chi connectivity index (χ4v) is 3.10. The normalized spacial score (nSPS) is 14.0. The maximum atomic E-state index is 13.0. The Morgan fingerprint density at radius 2 is 1.54 bits per heavy atom. The van der Waals surface area contributed by atoms with Crippen molar-refractivity contribution in [2.45, 2.75) is 70.8 Å². The smallest absolute Gasteiger partial charge is 0.414 e. The Labute approximate surface area is 165 Å². The molecule has 28 heavy (non-hydrogen) atoms. The second-order valence-corrected chi connectivity index (χ2v) is 8.88. The van der Waals surface area contributed by atoms with E-state index in [9.17, 15) is 18.3 Å². The van der Waals surface area contributed by atoms with Gasteiger partial charge in [0.2, 0.25) is 0 Å². The van der Waals surface area contributed by atoms with Gasteiger partial charge < -0.3 is 9.84 Å². The first kappa shape index (κ1) is 22.3. The van der Waals surface area contributed by atoms with E-state index < -0.39 is 24.1 Å². The van der Waals surface area contributed by atoms with Crippen LogP contribution >= 0.6 is 0 Å². The zero-order valence-corrected chi connectivity index (χ0v) is 17.1. The number of ether oxygens (including phenoxy) is 1. The van der Waals surface area contributed by atoms with Gasteiger partial charge in [0.05, 0.1) is 0 Å². The van der Waals surface area contributed by atoms with Crippen molar-refractivity contribution in [3.05, 3.63) is 65.2 Å². The molecule has 0 heterocycles. The monoisotopic (exact) mass is 394 g/mol. The molecule has 2 nitrogen and oxygen atoms in total. The summed E-state index contributed by atoms with van der Waals surface area (Å²) in [6.45, 7) is 9.88. The van der Waals surface area contributed by atoms with E-state index in [0.717, 1.165) is 11.1 Å². The average Bonchev–Trinajstić information content (AvgIpc) is 2.58. The van der Waals surface area contributed by atoms with E-state index in [-0.39, 0.29) is 5.41 Å². The van der Waals surface area contributed by atoms with E-state index >= 15 is 0 Å². The molecule has 2 rings (SSSR count). The summed E-state index contributed by atoms with van der Waals surface area (Å²) in [5.74, 6) is 0.538. The SMILES string of the molecule is CC(C)(C)c1ccc(OCc2ccccc2)c(C(C)(C)CC(O)C(F)(F)F)c1. The molecule has 0 aliphatic heterocycles. The summed E-state index contributed by atoms with van der Waals surface area (Å²) < 4.78 is 44.8. The third-order valence-corrected chi connectivity index (χ3v) is 4.89. The summed E-state index contributed by atoms with van der Waals surface area (Å²) in [4.78, 5) is 0. The minimum absolute atomic E-state index is 0.161. The minimum Gasteiger partial charge on any atom is -0.489 e. The molecule has 5 heteroatoms. The Kier molecular flexibility index (Phi) is 6.49. The fraction of sp³-hybridized carbons (Fsp3) is 0.478. The lowest BCUT2D eigenvalue weighted by atomic mass is 9.76. The first-order valence-corrected chi connectivity index (χ1v) is 9.37. The standard InChI is InChI=1S/C23H29F3O2/c1-21(2,3)17-11-12-19(28-15-16-9-7-6-8-10-16)18(13-17)22(4,5)14-20(27)23(24,25)26/h6-13,20,27H,14-15H2,1-5H3. The minimum atomic E-state index is -4.65. The number of aliphatic hydroxyl groups is 1. The second-order valence-electron chi connectivity index (χ2n) is 8.88. The highest BCUT2D eigenvalue weighted by atomic mass is 19.4. The molecular weight excluding hydrogens is 365 g/mol. The molecule has 0 saturated carbocycles. The van der Waals surface area contributed by atoms with Gasteiger partial charge in [-0.2, -0.15) is 13.2 Å². The Morgan fingerprint density at radius 3 is 2.07 bits per heavy atom. The Balaban J connectivity index is 2.39. The highest BCUT2D eigenvalue weighted by molar-refractivity contribution is 5.44. The molecule has 1 atom stereocenters. The van der Waals surface area contributed by atoms with Crippen molar-refractivity contribution < 1.29 is 23.0 Å². The first-order chi connectivity index (χ1) is 12.8. The van der Waals surface area contributed by atoms with Gasteiger partial charge in [0.1, 0.15) is 12.4 Å². The van der Waals surface area contributed by atoms with Gasteiger partial charge in [-0.15, -0.1) is 0 Å². The van der Waals surface area contributed by atoms with Gasteiger partial charge in [-0.3, -0.25) is 0 Å². The van der Waals surface area contributed by atoms with E-state index in [0.29, 0.717) is 17.9 Å². The number of rotatable bonds is 6. The van der Waals surface area contributed by atoms with Crippen LogP contribution in [-0.2, 0) is 17.4 Å². The van der Waals surface area contributed by atoms with Crippen molar-refractivity contribution in [1.82, 2.24) is 0 Å². The number of benzene rings is 2. The number of aliphatic hydroxyl groups excluding tert-OH is 1. The van der Waals surface area contributed by atoms with E-state index in [2.05, 4.69) is 0 Å². The van der Waals surface area contributed by atoms with Crippen molar-refractivity contribution in [3.63, 3.8) is 0 Å². The van der Waals surface area contributed by atoms with E-state index in [1.165, 1.54) is 0 Å². The lowest BCUT2D eigenvalue weighted by molar-refractivity contribution is -0.209. The molecule has 0 aromatic heterocycles. The van der Waals surface area contributed by atoms with Gasteiger partial charge in [-0.05, 0) is 34.4 Å². The summed E-state index contributed by atoms with van der Waals surface area (Å²) in [5.41, 5.74) is 1.55. The molecule has 0 aliphatic carbocycles. The van der Waals surface area contributed by atoms with Gasteiger partial charge in [0.15, 0.2) is 6.10 Å². The Morgan fingerprint density at radius 1 is 0.929 bits per heavy atom. The molecule has 2 aromatic carbocycles. The van der Waals surface area contributed by atoms with Crippen LogP contribution < -0.4 is 4.74 Å². The summed E-state index contributed by atoms with van der Waals surface area (Å²) in [5, 5.41) is 9.64. The van der Waals surface area contributed by atoms with E-state index in [1.54, 1.807) is 13.8 Å². The summed E-state index contributed by atoms with van der Waals surface area (Å²) in [7, 11) is 0. The molecule has 0 amide bonds. The number of alkyl halides is 3. The van der Waals surface area contributed by atoms with Crippen LogP contribution in [0, 0.1) is 0 Å². The molecule has 154 valence electrons. The van der Waals surface area contributed by atoms with Crippen molar-refractivity contribution in [1.29, 1.82) is 0 Å². The van der Waals surface area contributed by atoms with Gasteiger partial charge in [0, 0.05) is 5.56 Å². The van der Waals surface area contributed by atoms with Gasteiger partial charge in [0.25, 0.3) is 0 Å². The van der Waals surface area contributed by atoms with Crippen molar-refractivity contribution in [2.75, 3.05) is 0 Å². The molecule has 0 fully saturated rings. The van der Waals surface area contributed by atoms with Crippen LogP contribution in [0.1, 0.15) is 57.7 Å². The maximum Gasteiger partial charge on any atom is 0.414 e. The average molecular weight is 394 g/mol. The van der Waals surface area contributed by atoms with Gasteiger partial charge in [-0.25, -0.2) is 0 Å². The molecule has 0 aliphatic rings. The molecular formula is C23H29F3O2. The zero-order chi connectivity index (χ0) is 21.2. The van der Waals surface area contributed by atoms with Crippen molar-refractivity contribution in [2.24, 2.45) is 0 Å². The number of hydrogen-bond donors (Lipinski definition) is 1. The summed E-state index contributed by atoms with van der Waals surface area (Å²) >= 11 is 0. The molecule has 0 saturated heterocycles. The van der Waals surface area contributed by atoms with Gasteiger partial charge >= 0.3 is 6.18 Å². The molecule has 0 radical (unpaired) electrons. The zero-order valence-electron chi connectivity index (χ0n) is 17.1. The third-order valence-electron chi connectivity index (χ3n) is 4.89. The van der Waals surface area contributed by atoms with Crippen LogP contribution in [0.3, 0.4) is 0 Å². The van der Waals surface area contributed by atoms with Crippen molar-refractivity contribution in [3.8, 4) is 5.75 Å². The largest absolute Gasteiger partial charge is 0.489 e. The molecule has 0 spiro atoms. The Bertz CT molecular complexity index is 775. The highest BCUT2D eigenvalue weighted by Crippen LogP contribution is 2.40. The molecule has 1 N–H and O–H groups in total. The molecule has 2 aromatic rings. The van der Waals surface area contributed by atoms with Crippen LogP contribution in [0.5, 0.6) is 5.75 Å². The number of halogens is 3. The first-order valence-electron chi connectivity index (χ1n) is 9.37. The molecule has 0 bridgehead atoms. The fourth-order valence-electron chi connectivity index (χ4n) is 3.10. The summed E-state index contributed by atoms with van der Waals surface area (Å²) in [6, 6.07) is 15.3. The van der Waals surface area contributed by atoms with Gasteiger partial charge in [-0.1, -0.05) is 77.1 Å². The van der Waals surface area contributed by atoms with Crippen LogP contribution in [-0.4, -0.2) is 17.4 Å².